The van der Waals surface area contributed by atoms with Crippen molar-refractivity contribution in [3.05, 3.63) is 42.9 Å². The summed E-state index contributed by atoms with van der Waals surface area (Å²) in [5.74, 6) is -0.0924. The number of alkyl halides is 3. The third kappa shape index (κ3) is 4.90. The minimum Gasteiger partial charge on any atom is -0.393 e. The number of hydrogen-bond acceptors (Lipinski definition) is 5. The first kappa shape index (κ1) is 25.5. The number of carbonyl (C=O) groups excluding carboxylic acids is 1. The molecule has 0 aromatic carbocycles. The fraction of sp³-hybridized carbons (Fsp3) is 0.417. The van der Waals surface area contributed by atoms with Crippen molar-refractivity contribution in [2.75, 3.05) is 6.54 Å². The zero-order valence-corrected chi connectivity index (χ0v) is 19.8. The van der Waals surface area contributed by atoms with Gasteiger partial charge >= 0.3 is 6.18 Å². The normalized spacial score (nSPS) is 19.1. The topological polar surface area (TPSA) is 89.1 Å². The minimum absolute atomic E-state index is 0.0247. The molecule has 1 aliphatic heterocycles. The van der Waals surface area contributed by atoms with Gasteiger partial charge in [0, 0.05) is 30.4 Å². The number of rotatable bonds is 6. The van der Waals surface area contributed by atoms with E-state index in [0.717, 1.165) is 10.9 Å². The van der Waals surface area contributed by atoms with Crippen LogP contribution in [0.4, 0.5) is 17.6 Å². The Bertz CT molecular complexity index is 1310. The van der Waals surface area contributed by atoms with Crippen molar-refractivity contribution in [1.29, 1.82) is 0 Å². The van der Waals surface area contributed by atoms with Gasteiger partial charge in [-0.15, -0.1) is 0 Å². The van der Waals surface area contributed by atoms with Gasteiger partial charge in [-0.2, -0.15) is 18.3 Å². The number of hydrogen-bond donors (Lipinski definition) is 1. The Morgan fingerprint density at radius 1 is 1.31 bits per heavy atom. The molecule has 8 nitrogen and oxygen atoms in total. The van der Waals surface area contributed by atoms with Gasteiger partial charge in [-0.25, -0.2) is 9.37 Å². The van der Waals surface area contributed by atoms with Gasteiger partial charge in [0.25, 0.3) is 5.91 Å². The summed E-state index contributed by atoms with van der Waals surface area (Å²) in [7, 11) is 0. The van der Waals surface area contributed by atoms with Gasteiger partial charge < -0.3 is 10.0 Å². The quantitative estimate of drug-likeness (QED) is 0.497. The number of fused-ring (bicyclic) bond motifs is 1. The maximum absolute atomic E-state index is 13.4. The number of carbonyl (C=O) groups is 1. The second kappa shape index (κ2) is 9.84. The predicted molar refractivity (Wildman–Crippen MR) is 126 cm³/mol. The van der Waals surface area contributed by atoms with E-state index < -0.39 is 24.7 Å². The molecule has 0 saturated carbocycles. The summed E-state index contributed by atoms with van der Waals surface area (Å²) in [6, 6.07) is 1.07. The summed E-state index contributed by atoms with van der Waals surface area (Å²) in [4.78, 5) is 23.4. The number of aliphatic hydroxyl groups excluding tert-OH is 1. The average molecular weight is 507 g/mol. The van der Waals surface area contributed by atoms with E-state index in [4.69, 9.17) is 0 Å². The Morgan fingerprint density at radius 2 is 2.06 bits per heavy atom. The molecule has 3 aromatic heterocycles. The van der Waals surface area contributed by atoms with Crippen LogP contribution in [-0.4, -0.2) is 65.1 Å². The number of imidazole rings is 1. The lowest BCUT2D eigenvalue weighted by Gasteiger charge is -2.40. The third-order valence-electron chi connectivity index (χ3n) is 6.29. The van der Waals surface area contributed by atoms with Gasteiger partial charge in [0.2, 0.25) is 0 Å². The lowest BCUT2D eigenvalue weighted by atomic mass is 9.90. The molecule has 0 aliphatic carbocycles. The molecule has 36 heavy (non-hydrogen) atoms. The van der Waals surface area contributed by atoms with Gasteiger partial charge in [0.1, 0.15) is 30.1 Å². The summed E-state index contributed by atoms with van der Waals surface area (Å²) >= 11 is 0. The van der Waals surface area contributed by atoms with Crippen LogP contribution in [0.3, 0.4) is 0 Å². The van der Waals surface area contributed by atoms with Crippen LogP contribution < -0.4 is 0 Å². The predicted octanol–water partition coefficient (Wildman–Crippen LogP) is 4.52. The lowest BCUT2D eigenvalue weighted by molar-refractivity contribution is -0.141. The molecule has 1 fully saturated rings. The molecule has 1 amide bonds. The van der Waals surface area contributed by atoms with Crippen LogP contribution in [0.15, 0.2) is 31.4 Å². The average Bonchev–Trinajstić information content (AvgIpc) is 3.38. The number of aromatic nitrogens is 5. The molecular weight excluding hydrogens is 480 g/mol. The van der Waals surface area contributed by atoms with Crippen molar-refractivity contribution < 1.29 is 27.5 Å². The maximum Gasteiger partial charge on any atom is 0.408 e. The Kier molecular flexibility index (Phi) is 6.98. The molecule has 12 heteroatoms. The highest BCUT2D eigenvalue weighted by molar-refractivity contribution is 5.99. The molecule has 0 radical (unpaired) electrons. The number of pyridine rings is 1. The van der Waals surface area contributed by atoms with E-state index in [2.05, 4.69) is 21.6 Å². The maximum atomic E-state index is 13.4. The fourth-order valence-electron chi connectivity index (χ4n) is 4.59. The molecule has 192 valence electrons. The molecule has 1 aliphatic rings. The number of halogens is 4. The van der Waals surface area contributed by atoms with Crippen molar-refractivity contribution in [3.63, 3.8) is 0 Å². The second-order valence-electron chi connectivity index (χ2n) is 9.05. The number of aliphatic hydroxyl groups is 1. The van der Waals surface area contributed by atoms with Gasteiger partial charge in [-0.05, 0) is 30.9 Å². The van der Waals surface area contributed by atoms with Gasteiger partial charge in [0.15, 0.2) is 0 Å². The van der Waals surface area contributed by atoms with E-state index in [0.29, 0.717) is 19.4 Å². The number of piperidine rings is 1. The van der Waals surface area contributed by atoms with Crippen LogP contribution >= 0.6 is 0 Å². The van der Waals surface area contributed by atoms with Crippen LogP contribution in [0.25, 0.3) is 34.6 Å². The number of likely N-dealkylation sites (tertiary alicyclic amines) is 1. The van der Waals surface area contributed by atoms with E-state index in [-0.39, 0.29) is 52.1 Å². The van der Waals surface area contributed by atoms with E-state index in [9.17, 15) is 27.5 Å². The Balaban J connectivity index is 1.83. The standard InChI is InChI=1S/C24H26F4N6O2/c1-4-21-30-12-20(32(21)8-6-25)22-16-11-29-17(10-19(16)34(31-22)13-24(26,27)28)23(36)33-7-5-15(35)9-18(33)14(2)3/h4,6,8,10-12,14-15,18,35H,1,5,7,9,13H2,2-3H3/b8-6+. The summed E-state index contributed by atoms with van der Waals surface area (Å²) in [6.07, 6.45) is 1.06. The zero-order chi connectivity index (χ0) is 26.2. The Hall–Kier alpha value is -3.54. The van der Waals surface area contributed by atoms with Crippen LogP contribution in [0.1, 0.15) is 43.0 Å². The van der Waals surface area contributed by atoms with Crippen LogP contribution in [0.2, 0.25) is 0 Å². The molecule has 0 spiro atoms. The SMILES string of the molecule is C=Cc1ncc(-c2nn(CC(F)(F)F)c3cc(C(=O)N4CCC(O)CC4C(C)C)ncc23)n1/C=C/F. The Labute approximate surface area is 204 Å². The smallest absolute Gasteiger partial charge is 0.393 e. The molecule has 2 atom stereocenters. The molecule has 4 rings (SSSR count). The van der Waals surface area contributed by atoms with Crippen molar-refractivity contribution in [3.8, 4) is 11.4 Å². The van der Waals surface area contributed by atoms with E-state index in [1.807, 2.05) is 13.8 Å². The fourth-order valence-corrected chi connectivity index (χ4v) is 4.59. The van der Waals surface area contributed by atoms with E-state index in [1.54, 1.807) is 4.90 Å². The molecule has 1 saturated heterocycles. The highest BCUT2D eigenvalue weighted by Gasteiger charge is 2.35. The lowest BCUT2D eigenvalue weighted by Crippen LogP contribution is -2.50. The third-order valence-corrected chi connectivity index (χ3v) is 6.29. The van der Waals surface area contributed by atoms with Crippen molar-refractivity contribution in [2.45, 2.75) is 51.6 Å². The van der Waals surface area contributed by atoms with E-state index >= 15 is 0 Å². The van der Waals surface area contributed by atoms with Crippen LogP contribution in [-0.2, 0) is 6.54 Å². The highest BCUT2D eigenvalue weighted by Crippen LogP contribution is 2.32. The number of nitrogens with zero attached hydrogens (tertiary/aromatic N) is 6. The van der Waals surface area contributed by atoms with Crippen LogP contribution in [0, 0.1) is 5.92 Å². The first-order valence-corrected chi connectivity index (χ1v) is 11.4. The highest BCUT2D eigenvalue weighted by atomic mass is 19.4. The Morgan fingerprint density at radius 3 is 2.69 bits per heavy atom. The first-order valence-electron chi connectivity index (χ1n) is 11.4. The van der Waals surface area contributed by atoms with Crippen molar-refractivity contribution >= 4 is 29.1 Å². The first-order chi connectivity index (χ1) is 17.0. The molecule has 4 heterocycles. The van der Waals surface area contributed by atoms with Crippen molar-refractivity contribution in [1.82, 2.24) is 29.2 Å². The number of amides is 1. The zero-order valence-electron chi connectivity index (χ0n) is 19.8. The van der Waals surface area contributed by atoms with Crippen LogP contribution in [0.5, 0.6) is 0 Å². The van der Waals surface area contributed by atoms with Gasteiger partial charge in [-0.3, -0.25) is 19.0 Å². The summed E-state index contributed by atoms with van der Waals surface area (Å²) in [5, 5.41) is 14.5. The molecule has 1 N–H and O–H groups in total. The second-order valence-corrected chi connectivity index (χ2v) is 9.05. The molecule has 0 bridgehead atoms. The summed E-state index contributed by atoms with van der Waals surface area (Å²) in [6.45, 7) is 6.41. The summed E-state index contributed by atoms with van der Waals surface area (Å²) in [5.41, 5.74) is 0.357. The monoisotopic (exact) mass is 506 g/mol. The molecular formula is C24H26F4N6O2. The molecule has 2 unspecified atom stereocenters. The largest absolute Gasteiger partial charge is 0.408 e. The van der Waals surface area contributed by atoms with Gasteiger partial charge in [-0.1, -0.05) is 20.4 Å². The van der Waals surface area contributed by atoms with E-state index in [1.165, 1.54) is 29.1 Å². The molecule has 3 aromatic rings. The summed E-state index contributed by atoms with van der Waals surface area (Å²) < 4.78 is 55.3. The van der Waals surface area contributed by atoms with Crippen molar-refractivity contribution in [2.24, 2.45) is 5.92 Å². The van der Waals surface area contributed by atoms with Gasteiger partial charge in [0.05, 0.1) is 23.5 Å². The minimum atomic E-state index is -4.58.